The second kappa shape index (κ2) is 5.59. The lowest BCUT2D eigenvalue weighted by Gasteiger charge is -2.31. The van der Waals surface area contributed by atoms with Crippen molar-refractivity contribution in [3.8, 4) is 0 Å². The minimum atomic E-state index is -3.13. The molecule has 2 amide bonds. The van der Waals surface area contributed by atoms with E-state index in [0.717, 1.165) is 0 Å². The maximum absolute atomic E-state index is 12.0. The van der Waals surface area contributed by atoms with Gasteiger partial charge in [-0.25, -0.2) is 18.0 Å². The Bertz CT molecular complexity index is 498. The average Bonchev–Trinajstić information content (AvgIpc) is 2.59. The summed E-state index contributed by atoms with van der Waals surface area (Å²) in [5, 5.41) is 14.3. The van der Waals surface area contributed by atoms with E-state index in [9.17, 15) is 23.1 Å². The molecule has 1 atom stereocenters. The Morgan fingerprint density at radius 2 is 1.85 bits per heavy atom. The molecular weight excluding hydrogens is 284 g/mol. The van der Waals surface area contributed by atoms with E-state index in [-0.39, 0.29) is 24.3 Å². The molecule has 1 aliphatic heterocycles. The van der Waals surface area contributed by atoms with Crippen molar-refractivity contribution in [2.75, 3.05) is 11.5 Å². The second-order valence-electron chi connectivity index (χ2n) is 5.58. The highest BCUT2D eigenvalue weighted by molar-refractivity contribution is 7.91. The Balaban J connectivity index is 2.75. The van der Waals surface area contributed by atoms with Gasteiger partial charge in [0.2, 0.25) is 0 Å². The number of carbonyl (C=O) groups excluding carboxylic acids is 1. The number of hydrogen-bond acceptors (Lipinski definition) is 4. The largest absolute Gasteiger partial charge is 0.480 e. The third-order valence-electron chi connectivity index (χ3n) is 3.89. The number of aliphatic carboxylic acids is 1. The van der Waals surface area contributed by atoms with Crippen LogP contribution in [-0.2, 0) is 14.6 Å². The zero-order chi connectivity index (χ0) is 15.6. The summed E-state index contributed by atoms with van der Waals surface area (Å²) in [7, 11) is -3.13. The Morgan fingerprint density at radius 3 is 2.20 bits per heavy atom. The summed E-state index contributed by atoms with van der Waals surface area (Å²) in [6.07, 6.45) is 0.837. The van der Waals surface area contributed by atoms with Crippen LogP contribution in [0, 0.1) is 0 Å². The molecular formula is C12H22N2O5S. The highest BCUT2D eigenvalue weighted by atomic mass is 32.2. The lowest BCUT2D eigenvalue weighted by molar-refractivity contribution is -0.144. The molecule has 0 saturated carbocycles. The van der Waals surface area contributed by atoms with Crippen molar-refractivity contribution in [1.29, 1.82) is 0 Å². The smallest absolute Gasteiger partial charge is 0.329 e. The lowest BCUT2D eigenvalue weighted by atomic mass is 9.93. The van der Waals surface area contributed by atoms with Crippen molar-refractivity contribution in [2.45, 2.75) is 51.1 Å². The Labute approximate surface area is 119 Å². The summed E-state index contributed by atoms with van der Waals surface area (Å²) in [6, 6.07) is -0.643. The molecule has 1 unspecified atom stereocenters. The van der Waals surface area contributed by atoms with Crippen molar-refractivity contribution in [2.24, 2.45) is 0 Å². The molecule has 116 valence electrons. The van der Waals surface area contributed by atoms with Gasteiger partial charge in [-0.3, -0.25) is 0 Å². The van der Waals surface area contributed by atoms with E-state index >= 15 is 0 Å². The SMILES string of the molecule is CCC(CC)(NC(=O)NC1(C)CCS(=O)(=O)C1)C(=O)O. The summed E-state index contributed by atoms with van der Waals surface area (Å²) < 4.78 is 22.9. The molecule has 0 aliphatic carbocycles. The molecule has 7 nitrogen and oxygen atoms in total. The minimum absolute atomic E-state index is 0.0371. The van der Waals surface area contributed by atoms with Gasteiger partial charge in [0.1, 0.15) is 5.54 Å². The van der Waals surface area contributed by atoms with Gasteiger partial charge in [0.15, 0.2) is 9.84 Å². The average molecular weight is 306 g/mol. The third kappa shape index (κ3) is 3.62. The molecule has 0 bridgehead atoms. The van der Waals surface area contributed by atoms with Crippen molar-refractivity contribution in [3.05, 3.63) is 0 Å². The van der Waals surface area contributed by atoms with Crippen molar-refractivity contribution < 1.29 is 23.1 Å². The quantitative estimate of drug-likeness (QED) is 0.685. The van der Waals surface area contributed by atoms with Crippen molar-refractivity contribution in [1.82, 2.24) is 10.6 Å². The van der Waals surface area contributed by atoms with E-state index in [4.69, 9.17) is 0 Å². The fourth-order valence-corrected chi connectivity index (χ4v) is 4.51. The van der Waals surface area contributed by atoms with Gasteiger partial charge in [-0.05, 0) is 26.2 Å². The maximum Gasteiger partial charge on any atom is 0.329 e. The second-order valence-corrected chi connectivity index (χ2v) is 7.76. The molecule has 20 heavy (non-hydrogen) atoms. The van der Waals surface area contributed by atoms with Crippen LogP contribution < -0.4 is 10.6 Å². The number of carboxylic acid groups (broad SMARTS) is 1. The van der Waals surface area contributed by atoms with Crippen LogP contribution in [-0.4, -0.2) is 48.1 Å². The van der Waals surface area contributed by atoms with Gasteiger partial charge in [0, 0.05) is 0 Å². The standard InChI is InChI=1S/C12H22N2O5S/c1-4-12(5-2,9(15)16)14-10(17)13-11(3)6-7-20(18,19)8-11/h4-8H2,1-3H3,(H,15,16)(H2,13,14,17). The van der Waals surface area contributed by atoms with E-state index in [2.05, 4.69) is 10.6 Å². The van der Waals surface area contributed by atoms with Crippen molar-refractivity contribution >= 4 is 21.8 Å². The van der Waals surface area contributed by atoms with Gasteiger partial charge in [-0.15, -0.1) is 0 Å². The first kappa shape index (κ1) is 16.7. The van der Waals surface area contributed by atoms with E-state index in [1.165, 1.54) is 0 Å². The van der Waals surface area contributed by atoms with Gasteiger partial charge in [0.05, 0.1) is 17.0 Å². The van der Waals surface area contributed by atoms with Gasteiger partial charge in [0.25, 0.3) is 0 Å². The monoisotopic (exact) mass is 306 g/mol. The van der Waals surface area contributed by atoms with Crippen LogP contribution >= 0.6 is 0 Å². The minimum Gasteiger partial charge on any atom is -0.480 e. The molecule has 0 aromatic rings. The normalized spacial score (nSPS) is 25.1. The highest BCUT2D eigenvalue weighted by Gasteiger charge is 2.42. The first-order chi connectivity index (χ1) is 9.08. The summed E-state index contributed by atoms with van der Waals surface area (Å²) in [4.78, 5) is 23.3. The van der Waals surface area contributed by atoms with Gasteiger partial charge < -0.3 is 15.7 Å². The predicted octanol–water partition coefficient (Wildman–Crippen LogP) is 0.506. The van der Waals surface area contributed by atoms with E-state index in [0.29, 0.717) is 6.42 Å². The molecule has 0 spiro atoms. The van der Waals surface area contributed by atoms with Crippen molar-refractivity contribution in [3.63, 3.8) is 0 Å². The first-order valence-corrected chi connectivity index (χ1v) is 8.44. The summed E-state index contributed by atoms with van der Waals surface area (Å²) >= 11 is 0. The molecule has 8 heteroatoms. The molecule has 1 fully saturated rings. The van der Waals surface area contributed by atoms with Crippen LogP contribution in [0.15, 0.2) is 0 Å². The van der Waals surface area contributed by atoms with Crippen LogP contribution in [0.4, 0.5) is 4.79 Å². The molecule has 1 heterocycles. The zero-order valence-corrected chi connectivity index (χ0v) is 12.8. The number of nitrogens with one attached hydrogen (secondary N) is 2. The van der Waals surface area contributed by atoms with E-state index in [1.807, 2.05) is 0 Å². The Kier molecular flexibility index (Phi) is 4.68. The number of urea groups is 1. The first-order valence-electron chi connectivity index (χ1n) is 6.62. The number of hydrogen-bond donors (Lipinski definition) is 3. The molecule has 0 aromatic carbocycles. The number of amides is 2. The summed E-state index contributed by atoms with van der Waals surface area (Å²) in [5.41, 5.74) is -2.16. The molecule has 0 aromatic heterocycles. The van der Waals surface area contributed by atoms with Crippen LogP contribution in [0.2, 0.25) is 0 Å². The summed E-state index contributed by atoms with van der Waals surface area (Å²) in [5.74, 6) is -1.18. The number of carboxylic acids is 1. The van der Waals surface area contributed by atoms with Crippen LogP contribution in [0.3, 0.4) is 0 Å². The Morgan fingerprint density at radius 1 is 1.30 bits per heavy atom. The van der Waals surface area contributed by atoms with Crippen LogP contribution in [0.1, 0.15) is 40.0 Å². The molecule has 3 N–H and O–H groups in total. The number of carbonyl (C=O) groups is 2. The highest BCUT2D eigenvalue weighted by Crippen LogP contribution is 2.23. The Hall–Kier alpha value is -1.31. The van der Waals surface area contributed by atoms with Crippen LogP contribution in [0.25, 0.3) is 0 Å². The number of sulfone groups is 1. The molecule has 1 aliphatic rings. The maximum atomic E-state index is 12.0. The van der Waals surface area contributed by atoms with Gasteiger partial charge >= 0.3 is 12.0 Å². The molecule has 0 radical (unpaired) electrons. The van der Waals surface area contributed by atoms with E-state index in [1.54, 1.807) is 20.8 Å². The molecule has 1 rings (SSSR count). The van der Waals surface area contributed by atoms with E-state index < -0.39 is 32.9 Å². The topological polar surface area (TPSA) is 113 Å². The fourth-order valence-electron chi connectivity index (χ4n) is 2.41. The number of rotatable bonds is 5. The fraction of sp³-hybridized carbons (Fsp3) is 0.833. The van der Waals surface area contributed by atoms with Gasteiger partial charge in [-0.2, -0.15) is 0 Å². The predicted molar refractivity (Wildman–Crippen MR) is 74.3 cm³/mol. The summed E-state index contributed by atoms with van der Waals surface area (Å²) in [6.45, 7) is 5.01. The van der Waals surface area contributed by atoms with Crippen LogP contribution in [0.5, 0.6) is 0 Å². The zero-order valence-electron chi connectivity index (χ0n) is 12.0. The third-order valence-corrected chi connectivity index (χ3v) is 5.79. The van der Waals surface area contributed by atoms with Gasteiger partial charge in [-0.1, -0.05) is 13.8 Å². The lowest BCUT2D eigenvalue weighted by Crippen LogP contribution is -2.60. The molecule has 1 saturated heterocycles.